The molecular weight excluding hydrogens is 486 g/mol. The van der Waals surface area contributed by atoms with Crippen LogP contribution in [0.25, 0.3) is 0 Å². The molecule has 0 bridgehead atoms. The molecule has 13 heteroatoms. The lowest BCUT2D eigenvalue weighted by atomic mass is 10.1. The lowest BCUT2D eigenvalue weighted by molar-refractivity contribution is -0.138. The highest BCUT2D eigenvalue weighted by Gasteiger charge is 2.26. The molecule has 37 heavy (non-hydrogen) atoms. The molecule has 0 aromatic rings. The zero-order valence-electron chi connectivity index (χ0n) is 21.2. The lowest BCUT2D eigenvalue weighted by Crippen LogP contribution is -2.49. The van der Waals surface area contributed by atoms with Crippen LogP contribution in [0.1, 0.15) is 46.5 Å². The van der Waals surface area contributed by atoms with Gasteiger partial charge >= 0.3 is 6.09 Å². The summed E-state index contributed by atoms with van der Waals surface area (Å²) < 4.78 is 5.20. The van der Waals surface area contributed by atoms with Gasteiger partial charge in [0.25, 0.3) is 23.6 Å². The third-order valence-corrected chi connectivity index (χ3v) is 5.21. The minimum atomic E-state index is -1.07. The maximum atomic E-state index is 12.7. The van der Waals surface area contributed by atoms with E-state index in [1.807, 2.05) is 0 Å². The molecule has 13 nitrogen and oxygen atoms in total. The van der Waals surface area contributed by atoms with Crippen molar-refractivity contribution in [2.45, 2.75) is 58.1 Å². The molecular formula is C24H33N5O8. The van der Waals surface area contributed by atoms with E-state index in [0.717, 1.165) is 9.80 Å². The summed E-state index contributed by atoms with van der Waals surface area (Å²) in [5.41, 5.74) is -0.793. The maximum Gasteiger partial charge on any atom is 0.408 e. The highest BCUT2D eigenvalue weighted by atomic mass is 16.6. The highest BCUT2D eigenvalue weighted by molar-refractivity contribution is 6.13. The van der Waals surface area contributed by atoms with E-state index in [-0.39, 0.29) is 44.9 Å². The summed E-state index contributed by atoms with van der Waals surface area (Å²) in [4.78, 5) is 85.6. The lowest BCUT2D eigenvalue weighted by Gasteiger charge is -2.23. The van der Waals surface area contributed by atoms with Gasteiger partial charge in [0.15, 0.2) is 0 Å². The number of nitrogens with one attached hydrogen (secondary N) is 3. The Morgan fingerprint density at radius 2 is 1.27 bits per heavy atom. The van der Waals surface area contributed by atoms with Gasteiger partial charge in [0, 0.05) is 56.9 Å². The van der Waals surface area contributed by atoms with Crippen molar-refractivity contribution in [1.29, 1.82) is 0 Å². The molecule has 2 aliphatic heterocycles. The molecule has 2 aliphatic rings. The van der Waals surface area contributed by atoms with Crippen LogP contribution in [0, 0.1) is 0 Å². The average molecular weight is 520 g/mol. The molecule has 202 valence electrons. The Kier molecular flexibility index (Phi) is 10.5. The van der Waals surface area contributed by atoms with Gasteiger partial charge in [-0.2, -0.15) is 0 Å². The standard InChI is InChI=1S/C24H33N5O8/c1-24(2,3)37-23(36)27-16(22(35)26-13-5-15-29-20(33)10-11-21(29)34)6-7-17(30)25-12-4-14-28-18(31)8-9-19(28)32/h8-11,16H,4-7,12-15H2,1-3H3,(H,25,30)(H,26,35)(H,27,36)/t16-/m0/s1. The number of hydrogen-bond donors (Lipinski definition) is 3. The van der Waals surface area contributed by atoms with Crippen molar-refractivity contribution in [1.82, 2.24) is 25.8 Å². The molecule has 0 saturated heterocycles. The summed E-state index contributed by atoms with van der Waals surface area (Å²) in [5.74, 6) is -2.54. The molecule has 0 saturated carbocycles. The van der Waals surface area contributed by atoms with Crippen molar-refractivity contribution >= 4 is 41.5 Å². The number of carbonyl (C=O) groups is 7. The van der Waals surface area contributed by atoms with E-state index in [2.05, 4.69) is 16.0 Å². The van der Waals surface area contributed by atoms with Crippen LogP contribution in [-0.2, 0) is 33.5 Å². The quantitative estimate of drug-likeness (QED) is 0.216. The Balaban J connectivity index is 1.78. The summed E-state index contributed by atoms with van der Waals surface area (Å²) >= 11 is 0. The van der Waals surface area contributed by atoms with Crippen molar-refractivity contribution in [3.05, 3.63) is 24.3 Å². The summed E-state index contributed by atoms with van der Waals surface area (Å²) in [6, 6.07) is -1.07. The Hall–Kier alpha value is -4.03. The maximum absolute atomic E-state index is 12.7. The molecule has 0 spiro atoms. The van der Waals surface area contributed by atoms with E-state index >= 15 is 0 Å². The summed E-state index contributed by atoms with van der Waals surface area (Å²) in [6.45, 7) is 5.66. The van der Waals surface area contributed by atoms with Crippen LogP contribution in [-0.4, -0.2) is 89.2 Å². The van der Waals surface area contributed by atoms with Gasteiger partial charge < -0.3 is 20.7 Å². The molecule has 0 radical (unpaired) electrons. The normalized spacial score (nSPS) is 15.9. The number of alkyl carbamates (subject to hydrolysis) is 1. The van der Waals surface area contributed by atoms with Crippen LogP contribution in [0.5, 0.6) is 0 Å². The first kappa shape index (κ1) is 29.2. The number of amides is 7. The number of nitrogens with zero attached hydrogens (tertiary/aromatic N) is 2. The number of rotatable bonds is 13. The van der Waals surface area contributed by atoms with Crippen LogP contribution in [0.4, 0.5) is 4.79 Å². The Labute approximate surface area is 214 Å². The van der Waals surface area contributed by atoms with Crippen LogP contribution in [0.15, 0.2) is 24.3 Å². The van der Waals surface area contributed by atoms with Crippen LogP contribution >= 0.6 is 0 Å². The van der Waals surface area contributed by atoms with E-state index in [0.29, 0.717) is 12.8 Å². The topological polar surface area (TPSA) is 171 Å². The first-order valence-electron chi connectivity index (χ1n) is 12.0. The molecule has 2 rings (SSSR count). The highest BCUT2D eigenvalue weighted by Crippen LogP contribution is 2.09. The zero-order valence-corrected chi connectivity index (χ0v) is 21.2. The Morgan fingerprint density at radius 3 is 1.73 bits per heavy atom. The summed E-state index contributed by atoms with van der Waals surface area (Å²) in [6.07, 6.45) is 4.48. The van der Waals surface area contributed by atoms with Crippen molar-refractivity contribution < 1.29 is 38.3 Å². The van der Waals surface area contributed by atoms with Crippen molar-refractivity contribution in [2.24, 2.45) is 0 Å². The molecule has 3 N–H and O–H groups in total. The van der Waals surface area contributed by atoms with Gasteiger partial charge in [-0.05, 0) is 40.0 Å². The van der Waals surface area contributed by atoms with E-state index in [9.17, 15) is 33.6 Å². The number of carbonyl (C=O) groups excluding carboxylic acids is 7. The minimum absolute atomic E-state index is 0.0169. The van der Waals surface area contributed by atoms with Gasteiger partial charge in [0.1, 0.15) is 11.6 Å². The van der Waals surface area contributed by atoms with Gasteiger partial charge in [0.2, 0.25) is 11.8 Å². The second-order valence-electron chi connectivity index (χ2n) is 9.41. The van der Waals surface area contributed by atoms with Crippen LogP contribution < -0.4 is 16.0 Å². The van der Waals surface area contributed by atoms with Crippen molar-refractivity contribution in [3.63, 3.8) is 0 Å². The number of ether oxygens (including phenoxy) is 1. The fraction of sp³-hybridized carbons (Fsp3) is 0.542. The van der Waals surface area contributed by atoms with Gasteiger partial charge in [0.05, 0.1) is 0 Å². The van der Waals surface area contributed by atoms with Gasteiger partial charge in [-0.3, -0.25) is 38.6 Å². The van der Waals surface area contributed by atoms with Crippen molar-refractivity contribution in [2.75, 3.05) is 26.2 Å². The first-order chi connectivity index (χ1) is 17.4. The van der Waals surface area contributed by atoms with Gasteiger partial charge in [-0.1, -0.05) is 0 Å². The first-order valence-corrected chi connectivity index (χ1v) is 12.0. The monoisotopic (exact) mass is 519 g/mol. The molecule has 0 aromatic heterocycles. The van der Waals surface area contributed by atoms with Crippen molar-refractivity contribution in [3.8, 4) is 0 Å². The van der Waals surface area contributed by atoms with Gasteiger partial charge in [-0.15, -0.1) is 0 Å². The van der Waals surface area contributed by atoms with E-state index < -0.39 is 47.3 Å². The second kappa shape index (κ2) is 13.3. The predicted molar refractivity (Wildman–Crippen MR) is 129 cm³/mol. The Morgan fingerprint density at radius 1 is 0.811 bits per heavy atom. The Bertz CT molecular complexity index is 962. The smallest absolute Gasteiger partial charge is 0.408 e. The minimum Gasteiger partial charge on any atom is -0.444 e. The van der Waals surface area contributed by atoms with E-state index in [1.54, 1.807) is 20.8 Å². The molecule has 0 unspecified atom stereocenters. The third kappa shape index (κ3) is 9.86. The molecule has 1 atom stereocenters. The van der Waals surface area contributed by atoms with E-state index in [1.165, 1.54) is 24.3 Å². The second-order valence-corrected chi connectivity index (χ2v) is 9.41. The van der Waals surface area contributed by atoms with E-state index in [4.69, 9.17) is 4.74 Å². The summed E-state index contributed by atoms with van der Waals surface area (Å²) in [7, 11) is 0. The molecule has 0 aromatic carbocycles. The molecule has 2 heterocycles. The summed E-state index contributed by atoms with van der Waals surface area (Å²) in [5, 5.41) is 7.76. The fourth-order valence-corrected chi connectivity index (χ4v) is 3.42. The predicted octanol–water partition coefficient (Wildman–Crippen LogP) is -0.477. The zero-order chi connectivity index (χ0) is 27.6. The largest absolute Gasteiger partial charge is 0.444 e. The number of imide groups is 2. The number of hydrogen-bond acceptors (Lipinski definition) is 8. The third-order valence-electron chi connectivity index (χ3n) is 5.21. The van der Waals surface area contributed by atoms with Crippen LogP contribution in [0.2, 0.25) is 0 Å². The van der Waals surface area contributed by atoms with Gasteiger partial charge in [-0.25, -0.2) is 4.79 Å². The molecule has 0 aliphatic carbocycles. The molecule has 7 amide bonds. The fourth-order valence-electron chi connectivity index (χ4n) is 3.42. The SMILES string of the molecule is CC(C)(C)OC(=O)N[C@@H](CCC(=O)NCCCN1C(=O)C=CC1=O)C(=O)NCCCN1C(=O)C=CC1=O. The van der Waals surface area contributed by atoms with Crippen LogP contribution in [0.3, 0.4) is 0 Å². The average Bonchev–Trinajstić information content (AvgIpc) is 3.30. The molecule has 0 fully saturated rings.